The molecule has 2 atom stereocenters. The molecule has 0 spiro atoms. The van der Waals surface area contributed by atoms with E-state index in [0.29, 0.717) is 6.54 Å². The van der Waals surface area contributed by atoms with Gasteiger partial charge in [-0.15, -0.1) is 0 Å². The number of allylic oxidation sites excluding steroid dienone is 2. The molecule has 144 valence electrons. The van der Waals surface area contributed by atoms with Crippen LogP contribution in [0.5, 0.6) is 0 Å². The first-order chi connectivity index (χ1) is 12.9. The van der Waals surface area contributed by atoms with Gasteiger partial charge in [-0.1, -0.05) is 27.4 Å². The van der Waals surface area contributed by atoms with Crippen LogP contribution >= 0.6 is 9.24 Å². The Hall–Kier alpha value is -2.04. The number of rotatable bonds is 7. The average molecular weight is 390 g/mol. The maximum atomic E-state index is 13.5. The summed E-state index contributed by atoms with van der Waals surface area (Å²) in [5.74, 6) is 0. The third-order valence-corrected chi connectivity index (χ3v) is 4.78. The van der Waals surface area contributed by atoms with E-state index in [-0.39, 0.29) is 11.6 Å². The highest BCUT2D eigenvalue weighted by Crippen LogP contribution is 2.35. The van der Waals surface area contributed by atoms with Crippen molar-refractivity contribution in [3.8, 4) is 0 Å². The summed E-state index contributed by atoms with van der Waals surface area (Å²) < 4.78 is 26.9. The minimum Gasteiger partial charge on any atom is -0.386 e. The van der Waals surface area contributed by atoms with Gasteiger partial charge in [-0.3, -0.25) is 4.99 Å². The second kappa shape index (κ2) is 8.32. The van der Waals surface area contributed by atoms with Crippen LogP contribution in [0.3, 0.4) is 0 Å². The number of halogens is 2. The Kier molecular flexibility index (Phi) is 6.08. The van der Waals surface area contributed by atoms with Crippen LogP contribution in [0.2, 0.25) is 0 Å². The van der Waals surface area contributed by atoms with E-state index in [1.807, 2.05) is 18.3 Å². The fraction of sp³-hybridized carbons (Fsp3) is 0.350. The van der Waals surface area contributed by atoms with Gasteiger partial charge in [0.05, 0.1) is 17.5 Å². The number of hydrogen-bond donors (Lipinski definition) is 3. The van der Waals surface area contributed by atoms with Crippen molar-refractivity contribution in [2.24, 2.45) is 10.7 Å². The van der Waals surface area contributed by atoms with Crippen molar-refractivity contribution in [3.05, 3.63) is 70.7 Å². The molecule has 3 rings (SSSR count). The number of hydrogen-bond acceptors (Lipinski definition) is 4. The summed E-state index contributed by atoms with van der Waals surface area (Å²) in [6, 6.07) is 6.12. The molecule has 0 amide bonds. The molecule has 1 aliphatic carbocycles. The molecular weight excluding hydrogens is 365 g/mol. The second-order valence-electron chi connectivity index (χ2n) is 6.66. The van der Waals surface area contributed by atoms with Crippen molar-refractivity contribution in [3.63, 3.8) is 0 Å². The zero-order valence-electron chi connectivity index (χ0n) is 15.3. The van der Waals surface area contributed by atoms with Crippen LogP contribution in [0.4, 0.5) is 8.78 Å². The molecule has 1 fully saturated rings. The lowest BCUT2D eigenvalue weighted by atomic mass is 9.98. The standard InChI is InChI=1S/C20H25F2N4P/c1-2-25-18(14-6-7-14)19-16(17(23)8-9-26-19)12-24-11-13-4-3-5-15(10-13)20(21,22)27/h3-5,8-10,12,17,24-25H,2,6-7,11,23,27H2,1H3/b16-12+. The van der Waals surface area contributed by atoms with Gasteiger partial charge in [0.25, 0.3) is 5.66 Å². The first-order valence-electron chi connectivity index (χ1n) is 9.06. The van der Waals surface area contributed by atoms with Gasteiger partial charge >= 0.3 is 0 Å². The van der Waals surface area contributed by atoms with Crippen LogP contribution in [0, 0.1) is 0 Å². The van der Waals surface area contributed by atoms with Gasteiger partial charge in [-0.05, 0) is 43.0 Å². The maximum Gasteiger partial charge on any atom is 0.283 e. The highest BCUT2D eigenvalue weighted by Gasteiger charge is 2.26. The monoisotopic (exact) mass is 390 g/mol. The van der Waals surface area contributed by atoms with Crippen molar-refractivity contribution in [1.82, 2.24) is 10.6 Å². The topological polar surface area (TPSA) is 62.4 Å². The molecule has 27 heavy (non-hydrogen) atoms. The van der Waals surface area contributed by atoms with Gasteiger partial charge < -0.3 is 16.4 Å². The Morgan fingerprint density at radius 3 is 2.85 bits per heavy atom. The fourth-order valence-corrected chi connectivity index (χ4v) is 3.13. The molecule has 4 nitrogen and oxygen atoms in total. The normalized spacial score (nSPS) is 20.5. The van der Waals surface area contributed by atoms with Crippen molar-refractivity contribution < 1.29 is 8.78 Å². The van der Waals surface area contributed by atoms with Gasteiger partial charge in [0, 0.05) is 36.6 Å². The zero-order valence-corrected chi connectivity index (χ0v) is 16.5. The summed E-state index contributed by atoms with van der Waals surface area (Å²) in [5.41, 5.74) is 8.25. The quantitative estimate of drug-likeness (QED) is 0.624. The third-order valence-electron chi connectivity index (χ3n) is 4.45. The molecular formula is C20H25F2N4P. The summed E-state index contributed by atoms with van der Waals surface area (Å²) in [6.07, 6.45) is 7.59. The first-order valence-corrected chi connectivity index (χ1v) is 9.64. The van der Waals surface area contributed by atoms with Crippen LogP contribution < -0.4 is 16.4 Å². The first kappa shape index (κ1) is 19.7. The summed E-state index contributed by atoms with van der Waals surface area (Å²) in [5, 5.41) is 6.61. The average Bonchev–Trinajstić information content (AvgIpc) is 3.46. The molecule has 1 saturated carbocycles. The Bertz CT molecular complexity index is 816. The molecule has 2 aliphatic rings. The highest BCUT2D eigenvalue weighted by atomic mass is 31.0. The third kappa shape index (κ3) is 5.02. The van der Waals surface area contributed by atoms with Gasteiger partial charge in [-0.25, -0.2) is 0 Å². The van der Waals surface area contributed by atoms with E-state index in [9.17, 15) is 8.78 Å². The number of nitrogens with one attached hydrogen (secondary N) is 2. The van der Waals surface area contributed by atoms with E-state index in [2.05, 4.69) is 22.5 Å². The number of aliphatic imine (C=N–C) groups is 1. The van der Waals surface area contributed by atoms with Crippen molar-refractivity contribution >= 4 is 15.0 Å². The fourth-order valence-electron chi connectivity index (χ4n) is 2.95. The lowest BCUT2D eigenvalue weighted by Crippen LogP contribution is -2.33. The summed E-state index contributed by atoms with van der Waals surface area (Å²) in [6.45, 7) is 3.29. The molecule has 1 aromatic carbocycles. The highest BCUT2D eigenvalue weighted by molar-refractivity contribution is 7.17. The van der Waals surface area contributed by atoms with E-state index in [0.717, 1.165) is 41.9 Å². The molecule has 4 N–H and O–H groups in total. The predicted molar refractivity (Wildman–Crippen MR) is 109 cm³/mol. The Morgan fingerprint density at radius 1 is 1.41 bits per heavy atom. The minimum atomic E-state index is -2.93. The molecule has 1 aliphatic heterocycles. The summed E-state index contributed by atoms with van der Waals surface area (Å²) >= 11 is 0. The Morgan fingerprint density at radius 2 is 2.19 bits per heavy atom. The van der Waals surface area contributed by atoms with Crippen molar-refractivity contribution in [1.29, 1.82) is 0 Å². The lowest BCUT2D eigenvalue weighted by Gasteiger charge is -2.21. The molecule has 0 radical (unpaired) electrons. The second-order valence-corrected chi connectivity index (χ2v) is 7.38. The van der Waals surface area contributed by atoms with Gasteiger partial charge in [0.2, 0.25) is 0 Å². The molecule has 1 heterocycles. The number of nitrogens with zero attached hydrogens (tertiary/aromatic N) is 1. The zero-order chi connectivity index (χ0) is 19.4. The predicted octanol–water partition coefficient (Wildman–Crippen LogP) is 3.54. The SMILES string of the molecule is CCNC(C1=NC=CC(N)/C1=C\NCc1cccc(C(F)(F)P)c1)=C1CC1. The molecule has 0 bridgehead atoms. The largest absolute Gasteiger partial charge is 0.386 e. The van der Waals surface area contributed by atoms with Crippen LogP contribution in [-0.2, 0) is 12.2 Å². The van der Waals surface area contributed by atoms with Gasteiger partial charge in [-0.2, -0.15) is 8.78 Å². The van der Waals surface area contributed by atoms with E-state index in [1.165, 1.54) is 17.7 Å². The number of nitrogens with two attached hydrogens (primary N) is 1. The summed E-state index contributed by atoms with van der Waals surface area (Å²) in [4.78, 5) is 4.54. The molecule has 0 aromatic heterocycles. The van der Waals surface area contributed by atoms with Gasteiger partial charge in [0.15, 0.2) is 0 Å². The van der Waals surface area contributed by atoms with Crippen LogP contribution in [0.1, 0.15) is 30.9 Å². The van der Waals surface area contributed by atoms with E-state index >= 15 is 0 Å². The van der Waals surface area contributed by atoms with Crippen LogP contribution in [0.25, 0.3) is 0 Å². The molecule has 1 aromatic rings. The summed E-state index contributed by atoms with van der Waals surface area (Å²) in [7, 11) is 1.57. The Labute approximate surface area is 160 Å². The smallest absolute Gasteiger partial charge is 0.283 e. The number of alkyl halides is 2. The van der Waals surface area contributed by atoms with Crippen LogP contribution in [0.15, 0.2) is 64.6 Å². The van der Waals surface area contributed by atoms with E-state index in [4.69, 9.17) is 5.73 Å². The molecule has 2 unspecified atom stereocenters. The lowest BCUT2D eigenvalue weighted by molar-refractivity contribution is 0.104. The molecule has 0 saturated heterocycles. The Balaban J connectivity index is 1.76. The van der Waals surface area contributed by atoms with Crippen molar-refractivity contribution in [2.75, 3.05) is 6.54 Å². The maximum absolute atomic E-state index is 13.5. The van der Waals surface area contributed by atoms with Gasteiger partial charge in [0.1, 0.15) is 0 Å². The van der Waals surface area contributed by atoms with Crippen molar-refractivity contribution in [2.45, 2.75) is 38.0 Å². The van der Waals surface area contributed by atoms with E-state index in [1.54, 1.807) is 21.5 Å². The number of benzene rings is 1. The minimum absolute atomic E-state index is 0.0214. The molecule has 7 heteroatoms. The van der Waals surface area contributed by atoms with E-state index < -0.39 is 5.66 Å². The van der Waals surface area contributed by atoms with Crippen LogP contribution in [-0.4, -0.2) is 18.3 Å².